The number of benzene rings is 2. The van der Waals surface area contributed by atoms with Crippen molar-refractivity contribution in [2.24, 2.45) is 5.92 Å². The Balaban J connectivity index is 1.61. The second-order valence-electron chi connectivity index (χ2n) is 8.56. The quantitative estimate of drug-likeness (QED) is 0.441. The zero-order chi connectivity index (χ0) is 19.1. The smallest absolute Gasteiger partial charge is 0.131 e. The molecule has 3 rings (SSSR count). The lowest BCUT2D eigenvalue weighted by Crippen LogP contribution is -2.04. The number of rotatable bonds is 8. The van der Waals surface area contributed by atoms with E-state index in [0.29, 0.717) is 5.92 Å². The molecule has 2 aromatic rings. The van der Waals surface area contributed by atoms with Crippen molar-refractivity contribution in [1.82, 2.24) is 0 Å². The summed E-state index contributed by atoms with van der Waals surface area (Å²) >= 11 is 0. The first-order valence-corrected chi connectivity index (χ1v) is 11.1. The Morgan fingerprint density at radius 1 is 0.963 bits per heavy atom. The summed E-state index contributed by atoms with van der Waals surface area (Å²) < 4.78 is 14.7. The van der Waals surface area contributed by atoms with Crippen LogP contribution >= 0.6 is 0 Å². The summed E-state index contributed by atoms with van der Waals surface area (Å²) in [7, 11) is 0. The molecule has 0 amide bonds. The van der Waals surface area contributed by atoms with E-state index in [1.54, 1.807) is 6.07 Å². The molecule has 0 saturated heterocycles. The number of halogens is 1. The lowest BCUT2D eigenvalue weighted by Gasteiger charge is -2.22. The van der Waals surface area contributed by atoms with Gasteiger partial charge in [0.25, 0.3) is 0 Å². The average molecular weight is 367 g/mol. The van der Waals surface area contributed by atoms with Crippen LogP contribution in [0.4, 0.5) is 4.39 Å². The number of aryl methyl sites for hydroxylation is 1. The molecule has 2 aromatic carbocycles. The van der Waals surface area contributed by atoms with Crippen molar-refractivity contribution in [2.75, 3.05) is 0 Å². The van der Waals surface area contributed by atoms with E-state index < -0.39 is 0 Å². The maximum Gasteiger partial charge on any atom is 0.131 e. The van der Waals surface area contributed by atoms with Gasteiger partial charge in [-0.1, -0.05) is 88.8 Å². The molecule has 1 atom stereocenters. The van der Waals surface area contributed by atoms with Gasteiger partial charge in [-0.3, -0.25) is 0 Å². The molecule has 27 heavy (non-hydrogen) atoms. The first-order chi connectivity index (χ1) is 13.2. The molecule has 1 heteroatoms. The Bertz CT molecular complexity index is 695. The van der Waals surface area contributed by atoms with Crippen molar-refractivity contribution < 1.29 is 4.39 Å². The van der Waals surface area contributed by atoms with Crippen molar-refractivity contribution in [1.29, 1.82) is 0 Å². The molecule has 1 unspecified atom stereocenters. The third kappa shape index (κ3) is 5.67. The van der Waals surface area contributed by atoms with E-state index in [9.17, 15) is 4.39 Å². The third-order valence-electron chi connectivity index (χ3n) is 6.28. The fourth-order valence-electron chi connectivity index (χ4n) is 4.61. The molecule has 0 bridgehead atoms. The summed E-state index contributed by atoms with van der Waals surface area (Å²) in [5.74, 6) is 1.40. The standard InChI is InChI=1S/C26H35F/c1-3-8-20(2)9-7-10-21-13-18-25(26(27)19-21)24-16-14-23(15-17-24)22-11-5-4-6-12-22/h13-20,22H,3-12H2,1-2H3. The van der Waals surface area contributed by atoms with Crippen LogP contribution in [0.2, 0.25) is 0 Å². The molecule has 0 aliphatic heterocycles. The Morgan fingerprint density at radius 2 is 1.70 bits per heavy atom. The molecule has 1 fully saturated rings. The van der Waals surface area contributed by atoms with Crippen LogP contribution in [0.25, 0.3) is 11.1 Å². The Hall–Kier alpha value is -1.63. The van der Waals surface area contributed by atoms with Gasteiger partial charge in [-0.25, -0.2) is 4.39 Å². The fraction of sp³-hybridized carbons (Fsp3) is 0.538. The van der Waals surface area contributed by atoms with E-state index >= 15 is 0 Å². The van der Waals surface area contributed by atoms with Gasteiger partial charge in [0.05, 0.1) is 0 Å². The van der Waals surface area contributed by atoms with Crippen LogP contribution in [0, 0.1) is 11.7 Å². The molecule has 0 N–H and O–H groups in total. The van der Waals surface area contributed by atoms with Crippen LogP contribution in [-0.4, -0.2) is 0 Å². The van der Waals surface area contributed by atoms with E-state index in [2.05, 4.69) is 44.2 Å². The van der Waals surface area contributed by atoms with Gasteiger partial charge >= 0.3 is 0 Å². The molecule has 0 spiro atoms. The van der Waals surface area contributed by atoms with Crippen molar-refractivity contribution in [2.45, 2.75) is 84.0 Å². The van der Waals surface area contributed by atoms with Crippen LogP contribution in [0.15, 0.2) is 42.5 Å². The number of hydrogen-bond donors (Lipinski definition) is 0. The van der Waals surface area contributed by atoms with Gasteiger partial charge in [0.2, 0.25) is 0 Å². The molecule has 0 radical (unpaired) electrons. The topological polar surface area (TPSA) is 0 Å². The van der Waals surface area contributed by atoms with Crippen molar-refractivity contribution >= 4 is 0 Å². The molecule has 146 valence electrons. The Kier molecular flexibility index (Phi) is 7.50. The van der Waals surface area contributed by atoms with Crippen LogP contribution in [0.5, 0.6) is 0 Å². The zero-order valence-electron chi connectivity index (χ0n) is 17.1. The lowest BCUT2D eigenvalue weighted by atomic mass is 9.83. The molecule has 0 aromatic heterocycles. The summed E-state index contributed by atoms with van der Waals surface area (Å²) in [4.78, 5) is 0. The van der Waals surface area contributed by atoms with Crippen molar-refractivity contribution in [3.8, 4) is 11.1 Å². The van der Waals surface area contributed by atoms with Crippen LogP contribution in [0.3, 0.4) is 0 Å². The Labute approximate surface area is 165 Å². The second-order valence-corrected chi connectivity index (χ2v) is 8.56. The van der Waals surface area contributed by atoms with E-state index in [1.807, 2.05) is 6.07 Å². The SMILES string of the molecule is CCCC(C)CCCc1ccc(-c2ccc(C3CCCCC3)cc2)c(F)c1. The summed E-state index contributed by atoms with van der Waals surface area (Å²) in [6.07, 6.45) is 12.6. The van der Waals surface area contributed by atoms with Gasteiger partial charge in [-0.05, 0) is 60.3 Å². The molecular formula is C26H35F. The van der Waals surface area contributed by atoms with Gasteiger partial charge in [0.1, 0.15) is 5.82 Å². The van der Waals surface area contributed by atoms with Crippen molar-refractivity contribution in [3.63, 3.8) is 0 Å². The minimum atomic E-state index is -0.0838. The molecule has 1 aliphatic carbocycles. The lowest BCUT2D eigenvalue weighted by molar-refractivity contribution is 0.443. The van der Waals surface area contributed by atoms with Gasteiger partial charge < -0.3 is 0 Å². The highest BCUT2D eigenvalue weighted by molar-refractivity contribution is 5.65. The van der Waals surface area contributed by atoms with Gasteiger partial charge in [-0.2, -0.15) is 0 Å². The normalized spacial score (nSPS) is 16.4. The van der Waals surface area contributed by atoms with E-state index in [1.165, 1.54) is 56.9 Å². The van der Waals surface area contributed by atoms with Crippen molar-refractivity contribution in [3.05, 3.63) is 59.4 Å². The minimum absolute atomic E-state index is 0.0838. The van der Waals surface area contributed by atoms with Crippen LogP contribution in [0.1, 0.15) is 88.7 Å². The second kappa shape index (κ2) is 10.1. The van der Waals surface area contributed by atoms with Gasteiger partial charge in [-0.15, -0.1) is 0 Å². The highest BCUT2D eigenvalue weighted by Gasteiger charge is 2.15. The summed E-state index contributed by atoms with van der Waals surface area (Å²) in [6, 6.07) is 14.5. The van der Waals surface area contributed by atoms with E-state index in [0.717, 1.165) is 35.4 Å². The molecule has 1 saturated carbocycles. The monoisotopic (exact) mass is 366 g/mol. The van der Waals surface area contributed by atoms with E-state index in [-0.39, 0.29) is 5.82 Å². The van der Waals surface area contributed by atoms with Crippen LogP contribution < -0.4 is 0 Å². The Morgan fingerprint density at radius 3 is 2.37 bits per heavy atom. The zero-order valence-corrected chi connectivity index (χ0v) is 17.1. The van der Waals surface area contributed by atoms with Gasteiger partial charge in [0, 0.05) is 5.56 Å². The van der Waals surface area contributed by atoms with Gasteiger partial charge in [0.15, 0.2) is 0 Å². The maximum atomic E-state index is 14.7. The minimum Gasteiger partial charge on any atom is -0.206 e. The molecule has 1 aliphatic rings. The average Bonchev–Trinajstić information content (AvgIpc) is 2.69. The van der Waals surface area contributed by atoms with Crippen LogP contribution in [-0.2, 0) is 6.42 Å². The predicted octanol–water partition coefficient (Wildman–Crippen LogP) is 8.30. The highest BCUT2D eigenvalue weighted by atomic mass is 19.1. The molecule has 0 heterocycles. The molecule has 0 nitrogen and oxygen atoms in total. The fourth-order valence-corrected chi connectivity index (χ4v) is 4.61. The molecular weight excluding hydrogens is 331 g/mol. The first kappa shape index (κ1) is 20.1. The maximum absolute atomic E-state index is 14.7. The highest BCUT2D eigenvalue weighted by Crippen LogP contribution is 2.34. The first-order valence-electron chi connectivity index (χ1n) is 11.1. The summed E-state index contributed by atoms with van der Waals surface area (Å²) in [5, 5.41) is 0. The predicted molar refractivity (Wildman–Crippen MR) is 115 cm³/mol. The third-order valence-corrected chi connectivity index (χ3v) is 6.28. The summed E-state index contributed by atoms with van der Waals surface area (Å²) in [6.45, 7) is 4.57. The van der Waals surface area contributed by atoms with E-state index in [4.69, 9.17) is 0 Å². The largest absolute Gasteiger partial charge is 0.206 e. The summed E-state index contributed by atoms with van der Waals surface area (Å²) in [5.41, 5.74) is 4.28. The number of hydrogen-bond acceptors (Lipinski definition) is 0.